The summed E-state index contributed by atoms with van der Waals surface area (Å²) in [5.74, 6) is 0.471. The second-order valence-corrected chi connectivity index (χ2v) is 8.16. The third-order valence-corrected chi connectivity index (χ3v) is 6.10. The maximum atomic E-state index is 12.8. The fraction of sp³-hybridized carbons (Fsp3) is 0.778. The minimum atomic E-state index is -0.0612. The van der Waals surface area contributed by atoms with E-state index >= 15 is 0 Å². The number of nitrogens with one attached hydrogen (secondary N) is 1. The molecule has 2 N–H and O–H groups in total. The molecule has 4 rings (SSSR count). The third-order valence-electron chi connectivity index (χ3n) is 6.10. The minimum absolute atomic E-state index is 0.00886. The number of nitrogens with zero attached hydrogens (tertiary/aromatic N) is 2. The fourth-order valence-electron chi connectivity index (χ4n) is 5.12. The molecule has 0 unspecified atom stereocenters. The van der Waals surface area contributed by atoms with Crippen LogP contribution in [0.3, 0.4) is 0 Å². The van der Waals surface area contributed by atoms with E-state index in [1.54, 1.807) is 4.68 Å². The van der Waals surface area contributed by atoms with Gasteiger partial charge in [0.15, 0.2) is 0 Å². The van der Waals surface area contributed by atoms with E-state index in [4.69, 9.17) is 4.74 Å². The van der Waals surface area contributed by atoms with Gasteiger partial charge in [-0.25, -0.2) is 0 Å². The van der Waals surface area contributed by atoms with Gasteiger partial charge in [0, 0.05) is 31.7 Å². The summed E-state index contributed by atoms with van der Waals surface area (Å²) in [6.45, 7) is 4.34. The van der Waals surface area contributed by atoms with Gasteiger partial charge in [-0.15, -0.1) is 0 Å². The van der Waals surface area contributed by atoms with Gasteiger partial charge in [0.2, 0.25) is 0 Å². The molecule has 3 aliphatic rings. The SMILES string of the molecule is C[C@@H]1Cc2c(nn(C)c2C(=O)NC2CC3(CC(CO)C3)C2)[C@H](C)O1. The smallest absolute Gasteiger partial charge is 0.270 e. The van der Waals surface area contributed by atoms with Crippen molar-refractivity contribution in [3.63, 3.8) is 0 Å². The molecule has 2 atom stereocenters. The molecule has 2 aliphatic carbocycles. The van der Waals surface area contributed by atoms with Crippen LogP contribution in [0.25, 0.3) is 0 Å². The van der Waals surface area contributed by atoms with E-state index in [1.165, 1.54) is 0 Å². The van der Waals surface area contributed by atoms with Gasteiger partial charge in [0.1, 0.15) is 5.69 Å². The van der Waals surface area contributed by atoms with Crippen LogP contribution < -0.4 is 5.32 Å². The first-order chi connectivity index (χ1) is 11.4. The van der Waals surface area contributed by atoms with Crippen LogP contribution in [0.5, 0.6) is 0 Å². The topological polar surface area (TPSA) is 76.4 Å². The molecule has 1 amide bonds. The Morgan fingerprint density at radius 3 is 2.75 bits per heavy atom. The zero-order chi connectivity index (χ0) is 17.1. The lowest BCUT2D eigenvalue weighted by molar-refractivity contribution is -0.0644. The van der Waals surface area contributed by atoms with Crippen molar-refractivity contribution >= 4 is 5.91 Å². The zero-order valence-corrected chi connectivity index (χ0v) is 14.7. The van der Waals surface area contributed by atoms with Crippen LogP contribution in [-0.2, 0) is 18.2 Å². The van der Waals surface area contributed by atoms with E-state index in [0.717, 1.165) is 43.4 Å². The number of hydrogen-bond donors (Lipinski definition) is 2. The summed E-state index contributed by atoms with van der Waals surface area (Å²) in [6.07, 6.45) is 5.11. The van der Waals surface area contributed by atoms with E-state index < -0.39 is 0 Å². The highest BCUT2D eigenvalue weighted by atomic mass is 16.5. The number of aliphatic hydroxyl groups is 1. The molecule has 2 heterocycles. The van der Waals surface area contributed by atoms with Crippen molar-refractivity contribution in [3.05, 3.63) is 17.0 Å². The normalized spacial score (nSPS) is 37.5. The molecule has 1 aromatic rings. The Hall–Kier alpha value is -1.40. The lowest BCUT2D eigenvalue weighted by Crippen LogP contribution is -2.56. The van der Waals surface area contributed by atoms with Gasteiger partial charge in [-0.05, 0) is 50.9 Å². The van der Waals surface area contributed by atoms with Crippen LogP contribution in [0.1, 0.15) is 67.4 Å². The summed E-state index contributed by atoms with van der Waals surface area (Å²) in [4.78, 5) is 12.8. The van der Waals surface area contributed by atoms with Crippen molar-refractivity contribution in [2.45, 2.75) is 64.2 Å². The van der Waals surface area contributed by atoms with Gasteiger partial charge in [0.05, 0.1) is 17.9 Å². The highest BCUT2D eigenvalue weighted by Crippen LogP contribution is 2.58. The van der Waals surface area contributed by atoms with Crippen molar-refractivity contribution < 1.29 is 14.6 Å². The molecule has 0 bridgehead atoms. The first-order valence-electron chi connectivity index (χ1n) is 9.04. The molecule has 6 heteroatoms. The summed E-state index contributed by atoms with van der Waals surface area (Å²) in [5.41, 5.74) is 3.03. The maximum absolute atomic E-state index is 12.8. The number of ether oxygens (including phenoxy) is 1. The molecule has 1 aliphatic heterocycles. The van der Waals surface area contributed by atoms with Crippen molar-refractivity contribution in [1.29, 1.82) is 0 Å². The molecule has 2 saturated carbocycles. The quantitative estimate of drug-likeness (QED) is 0.883. The number of rotatable bonds is 3. The summed E-state index contributed by atoms with van der Waals surface area (Å²) in [5, 5.41) is 16.9. The molecule has 132 valence electrons. The number of aryl methyl sites for hydroxylation is 1. The van der Waals surface area contributed by atoms with E-state index in [9.17, 15) is 9.90 Å². The molecule has 24 heavy (non-hydrogen) atoms. The summed E-state index contributed by atoms with van der Waals surface area (Å²) in [7, 11) is 1.84. The largest absolute Gasteiger partial charge is 0.396 e. The van der Waals surface area contributed by atoms with Gasteiger partial charge >= 0.3 is 0 Å². The molecule has 1 aromatic heterocycles. The number of carbonyl (C=O) groups excluding carboxylic acids is 1. The average molecular weight is 333 g/mol. The van der Waals surface area contributed by atoms with Crippen LogP contribution in [0, 0.1) is 11.3 Å². The summed E-state index contributed by atoms with van der Waals surface area (Å²) in [6, 6.07) is 0.261. The van der Waals surface area contributed by atoms with Crippen LogP contribution in [0.4, 0.5) is 0 Å². The molecule has 0 aromatic carbocycles. The first kappa shape index (κ1) is 16.1. The van der Waals surface area contributed by atoms with Gasteiger partial charge in [-0.3, -0.25) is 9.48 Å². The van der Waals surface area contributed by atoms with E-state index in [0.29, 0.717) is 23.6 Å². The third kappa shape index (κ3) is 2.47. The molecule has 1 spiro atoms. The summed E-state index contributed by atoms with van der Waals surface area (Å²) < 4.78 is 7.52. The first-order valence-corrected chi connectivity index (χ1v) is 9.04. The molecule has 0 radical (unpaired) electrons. The number of fused-ring (bicyclic) bond motifs is 1. The van der Waals surface area contributed by atoms with Crippen LogP contribution in [0.15, 0.2) is 0 Å². The Labute approximate surface area is 142 Å². The highest BCUT2D eigenvalue weighted by Gasteiger charge is 2.52. The van der Waals surface area contributed by atoms with Crippen molar-refractivity contribution in [2.75, 3.05) is 6.61 Å². The van der Waals surface area contributed by atoms with E-state index in [1.807, 2.05) is 20.9 Å². The molecule has 0 saturated heterocycles. The van der Waals surface area contributed by atoms with Crippen molar-refractivity contribution in [3.8, 4) is 0 Å². The van der Waals surface area contributed by atoms with Gasteiger partial charge < -0.3 is 15.2 Å². The van der Waals surface area contributed by atoms with Crippen molar-refractivity contribution in [1.82, 2.24) is 15.1 Å². The lowest BCUT2D eigenvalue weighted by atomic mass is 9.50. The monoisotopic (exact) mass is 333 g/mol. The molecule has 2 fully saturated rings. The van der Waals surface area contributed by atoms with E-state index in [-0.39, 0.29) is 24.2 Å². The molecular formula is C18H27N3O3. The standard InChI is InChI=1S/C18H27N3O3/c1-10-4-14-15(11(2)24-10)20-21(3)16(14)17(23)19-13-7-18(8-13)5-12(6-18)9-22/h10-13,22H,4-9H2,1-3H3,(H,19,23)/t10-,11+,12?,13?,18?/m1/s1. The Kier molecular flexibility index (Phi) is 3.73. The molecular weight excluding hydrogens is 306 g/mol. The van der Waals surface area contributed by atoms with Crippen LogP contribution >= 0.6 is 0 Å². The highest BCUT2D eigenvalue weighted by molar-refractivity contribution is 5.94. The number of amides is 1. The Morgan fingerprint density at radius 2 is 2.08 bits per heavy atom. The second-order valence-electron chi connectivity index (χ2n) is 8.16. The summed E-state index contributed by atoms with van der Waals surface area (Å²) >= 11 is 0. The lowest BCUT2D eigenvalue weighted by Gasteiger charge is -2.57. The minimum Gasteiger partial charge on any atom is -0.396 e. The number of aromatic nitrogens is 2. The predicted molar refractivity (Wildman–Crippen MR) is 88.6 cm³/mol. The van der Waals surface area contributed by atoms with Crippen molar-refractivity contribution in [2.24, 2.45) is 18.4 Å². The Balaban J connectivity index is 1.43. The molecule has 6 nitrogen and oxygen atoms in total. The van der Waals surface area contributed by atoms with Gasteiger partial charge in [-0.1, -0.05) is 0 Å². The maximum Gasteiger partial charge on any atom is 0.270 e. The van der Waals surface area contributed by atoms with Crippen LogP contribution in [0.2, 0.25) is 0 Å². The predicted octanol–water partition coefficient (Wildman–Crippen LogP) is 1.72. The number of carbonyl (C=O) groups is 1. The number of aliphatic hydroxyl groups excluding tert-OH is 1. The van der Waals surface area contributed by atoms with Gasteiger partial charge in [-0.2, -0.15) is 5.10 Å². The van der Waals surface area contributed by atoms with E-state index in [2.05, 4.69) is 10.4 Å². The average Bonchev–Trinajstić information content (AvgIpc) is 2.76. The fourth-order valence-corrected chi connectivity index (χ4v) is 5.12. The Bertz CT molecular complexity index is 655. The van der Waals surface area contributed by atoms with Crippen LogP contribution in [-0.4, -0.2) is 39.5 Å². The second kappa shape index (κ2) is 5.56. The van der Waals surface area contributed by atoms with Gasteiger partial charge in [0.25, 0.3) is 5.91 Å². The number of hydrogen-bond acceptors (Lipinski definition) is 4. The zero-order valence-electron chi connectivity index (χ0n) is 14.7. The Morgan fingerprint density at radius 1 is 1.38 bits per heavy atom.